The third-order valence-electron chi connectivity index (χ3n) is 5.42. The van der Waals surface area contributed by atoms with Gasteiger partial charge in [0, 0.05) is 29.1 Å². The van der Waals surface area contributed by atoms with Crippen LogP contribution in [0.15, 0.2) is 47.4 Å². The van der Waals surface area contributed by atoms with Gasteiger partial charge in [-0.15, -0.1) is 11.8 Å². The van der Waals surface area contributed by atoms with E-state index in [4.69, 9.17) is 4.74 Å². The lowest BCUT2D eigenvalue weighted by atomic mass is 9.91. The van der Waals surface area contributed by atoms with Crippen molar-refractivity contribution < 1.29 is 4.74 Å². The van der Waals surface area contributed by atoms with E-state index in [1.165, 1.54) is 47.3 Å². The van der Waals surface area contributed by atoms with Crippen LogP contribution in [0.3, 0.4) is 0 Å². The summed E-state index contributed by atoms with van der Waals surface area (Å²) in [6, 6.07) is 16.6. The highest BCUT2D eigenvalue weighted by atomic mass is 32.2. The number of benzene rings is 2. The lowest BCUT2D eigenvalue weighted by Crippen LogP contribution is -2.38. The van der Waals surface area contributed by atoms with Crippen LogP contribution in [0.5, 0.6) is 5.75 Å². The summed E-state index contributed by atoms with van der Waals surface area (Å²) >= 11 is 1.77. The summed E-state index contributed by atoms with van der Waals surface area (Å²) in [7, 11) is 3.82. The topological polar surface area (TPSA) is 33.3 Å². The summed E-state index contributed by atoms with van der Waals surface area (Å²) in [5.74, 6) is 0.964. The molecule has 2 N–H and O–H groups in total. The van der Waals surface area contributed by atoms with Crippen molar-refractivity contribution in [3.8, 4) is 16.9 Å². The molecule has 4 heteroatoms. The monoisotopic (exact) mass is 370 g/mol. The molecule has 0 unspecified atom stereocenters. The molecule has 26 heavy (non-hydrogen) atoms. The third kappa shape index (κ3) is 4.81. The molecular formula is C22H30N2OS. The number of hydrogen-bond acceptors (Lipinski definition) is 4. The quantitative estimate of drug-likeness (QED) is 0.692. The average Bonchev–Trinajstić information content (AvgIpc) is 2.72. The molecule has 3 rings (SSSR count). The fourth-order valence-electron chi connectivity index (χ4n) is 3.72. The lowest BCUT2D eigenvalue weighted by Gasteiger charge is -2.29. The molecule has 0 atom stereocenters. The number of rotatable bonds is 7. The molecule has 140 valence electrons. The van der Waals surface area contributed by atoms with Gasteiger partial charge in [-0.3, -0.25) is 0 Å². The number of ether oxygens (including phenoxy) is 1. The molecule has 3 nitrogen and oxygen atoms in total. The predicted octanol–water partition coefficient (Wildman–Crippen LogP) is 4.70. The van der Waals surface area contributed by atoms with E-state index in [1.54, 1.807) is 18.9 Å². The highest BCUT2D eigenvalue weighted by Gasteiger charge is 2.19. The molecule has 1 aliphatic carbocycles. The molecule has 0 saturated heterocycles. The minimum Gasteiger partial charge on any atom is -0.496 e. The Morgan fingerprint density at radius 2 is 1.62 bits per heavy atom. The van der Waals surface area contributed by atoms with Crippen LogP contribution in [0.2, 0.25) is 0 Å². The number of methoxy groups -OCH3 is 1. The van der Waals surface area contributed by atoms with E-state index in [2.05, 4.69) is 66.4 Å². The first-order valence-electron chi connectivity index (χ1n) is 9.45. The van der Waals surface area contributed by atoms with Crippen LogP contribution >= 0.6 is 11.8 Å². The molecule has 0 amide bonds. The van der Waals surface area contributed by atoms with Crippen LogP contribution in [0.1, 0.15) is 31.2 Å². The Kier molecular flexibility index (Phi) is 7.00. The summed E-state index contributed by atoms with van der Waals surface area (Å²) in [6.45, 7) is 0.856. The fraction of sp³-hybridized carbons (Fsp3) is 0.455. The van der Waals surface area contributed by atoms with Gasteiger partial charge in [-0.2, -0.15) is 0 Å². The smallest absolute Gasteiger partial charge is 0.123 e. The first-order chi connectivity index (χ1) is 12.7. The first-order valence-corrected chi connectivity index (χ1v) is 10.7. The van der Waals surface area contributed by atoms with E-state index in [0.717, 1.165) is 12.3 Å². The summed E-state index contributed by atoms with van der Waals surface area (Å²) in [5.41, 5.74) is 3.73. The van der Waals surface area contributed by atoms with E-state index in [0.29, 0.717) is 12.1 Å². The highest BCUT2D eigenvalue weighted by molar-refractivity contribution is 7.98. The standard InChI is InChI=1S/C22H30N2OS/c1-23-19-7-9-20(10-8-19)24-15-18-14-17(6-13-22(18)25-2)16-4-11-21(26-3)12-5-16/h4-6,11-14,19-20,23-24H,7-10,15H2,1-3H3. The molecule has 1 saturated carbocycles. The zero-order valence-electron chi connectivity index (χ0n) is 16.0. The van der Waals surface area contributed by atoms with Crippen molar-refractivity contribution in [1.29, 1.82) is 0 Å². The van der Waals surface area contributed by atoms with Gasteiger partial charge in [-0.25, -0.2) is 0 Å². The van der Waals surface area contributed by atoms with Crippen LogP contribution in [-0.4, -0.2) is 32.5 Å². The molecule has 0 heterocycles. The van der Waals surface area contributed by atoms with Gasteiger partial charge in [0.05, 0.1) is 7.11 Å². The van der Waals surface area contributed by atoms with Crippen molar-refractivity contribution in [2.24, 2.45) is 0 Å². The van der Waals surface area contributed by atoms with E-state index in [-0.39, 0.29) is 0 Å². The zero-order chi connectivity index (χ0) is 18.4. The van der Waals surface area contributed by atoms with Crippen LogP contribution in [-0.2, 0) is 6.54 Å². The SMILES string of the molecule is CNC1CCC(NCc2cc(-c3ccc(SC)cc3)ccc2OC)CC1. The predicted molar refractivity (Wildman–Crippen MR) is 112 cm³/mol. The molecule has 1 fully saturated rings. The summed E-state index contributed by atoms with van der Waals surface area (Å²) in [5, 5.41) is 7.14. The lowest BCUT2D eigenvalue weighted by molar-refractivity contribution is 0.315. The molecule has 0 aliphatic heterocycles. The van der Waals surface area contributed by atoms with Crippen LogP contribution in [0.25, 0.3) is 11.1 Å². The summed E-state index contributed by atoms with van der Waals surface area (Å²) < 4.78 is 5.59. The van der Waals surface area contributed by atoms with Gasteiger partial charge < -0.3 is 15.4 Å². The largest absolute Gasteiger partial charge is 0.496 e. The average molecular weight is 371 g/mol. The Labute approximate surface area is 161 Å². The van der Waals surface area contributed by atoms with Gasteiger partial charge in [0.25, 0.3) is 0 Å². The molecule has 0 aromatic heterocycles. The van der Waals surface area contributed by atoms with Gasteiger partial charge in [-0.05, 0) is 74.4 Å². The number of hydrogen-bond donors (Lipinski definition) is 2. The second-order valence-electron chi connectivity index (χ2n) is 6.97. The van der Waals surface area contributed by atoms with E-state index in [9.17, 15) is 0 Å². The molecule has 0 spiro atoms. The van der Waals surface area contributed by atoms with E-state index < -0.39 is 0 Å². The molecule has 1 aliphatic rings. The van der Waals surface area contributed by atoms with Gasteiger partial charge in [0.1, 0.15) is 5.75 Å². The van der Waals surface area contributed by atoms with Crippen molar-refractivity contribution in [2.75, 3.05) is 20.4 Å². The normalized spacial score (nSPS) is 20.1. The summed E-state index contributed by atoms with van der Waals surface area (Å²) in [4.78, 5) is 1.29. The highest BCUT2D eigenvalue weighted by Crippen LogP contribution is 2.28. The Morgan fingerprint density at radius 1 is 0.962 bits per heavy atom. The van der Waals surface area contributed by atoms with E-state index >= 15 is 0 Å². The van der Waals surface area contributed by atoms with Gasteiger partial charge in [0.15, 0.2) is 0 Å². The third-order valence-corrected chi connectivity index (χ3v) is 6.16. The molecule has 2 aromatic rings. The van der Waals surface area contributed by atoms with Crippen molar-refractivity contribution >= 4 is 11.8 Å². The van der Waals surface area contributed by atoms with Crippen LogP contribution < -0.4 is 15.4 Å². The second kappa shape index (κ2) is 9.45. The maximum atomic E-state index is 5.59. The molecule has 2 aromatic carbocycles. The molecule has 0 radical (unpaired) electrons. The van der Waals surface area contributed by atoms with Crippen LogP contribution in [0.4, 0.5) is 0 Å². The van der Waals surface area contributed by atoms with Gasteiger partial charge in [-0.1, -0.05) is 18.2 Å². The molecule has 0 bridgehead atoms. The minimum absolute atomic E-state index is 0.605. The second-order valence-corrected chi connectivity index (χ2v) is 7.85. The van der Waals surface area contributed by atoms with E-state index in [1.807, 2.05) is 0 Å². The van der Waals surface area contributed by atoms with Crippen molar-refractivity contribution in [2.45, 2.75) is 49.2 Å². The Hall–Kier alpha value is -1.49. The van der Waals surface area contributed by atoms with Crippen LogP contribution in [0, 0.1) is 0 Å². The minimum atomic E-state index is 0.605. The summed E-state index contributed by atoms with van der Waals surface area (Å²) in [6.07, 6.45) is 7.10. The Bertz CT molecular complexity index is 694. The maximum absolute atomic E-state index is 5.59. The number of thioether (sulfide) groups is 1. The van der Waals surface area contributed by atoms with Gasteiger partial charge >= 0.3 is 0 Å². The number of nitrogens with one attached hydrogen (secondary N) is 2. The van der Waals surface area contributed by atoms with Crippen molar-refractivity contribution in [3.63, 3.8) is 0 Å². The zero-order valence-corrected chi connectivity index (χ0v) is 16.9. The Morgan fingerprint density at radius 3 is 2.23 bits per heavy atom. The Balaban J connectivity index is 1.69. The van der Waals surface area contributed by atoms with Crippen molar-refractivity contribution in [3.05, 3.63) is 48.0 Å². The fourth-order valence-corrected chi connectivity index (χ4v) is 4.13. The molecular weight excluding hydrogens is 340 g/mol. The van der Waals surface area contributed by atoms with Crippen molar-refractivity contribution in [1.82, 2.24) is 10.6 Å². The maximum Gasteiger partial charge on any atom is 0.123 e. The first kappa shape index (κ1) is 19.3. The van der Waals surface area contributed by atoms with Gasteiger partial charge in [0.2, 0.25) is 0 Å².